The van der Waals surface area contributed by atoms with Gasteiger partial charge in [0.15, 0.2) is 11.6 Å². The number of nitrogens with zero attached hydrogens (tertiary/aromatic N) is 3. The van der Waals surface area contributed by atoms with Crippen molar-refractivity contribution in [3.63, 3.8) is 0 Å². The lowest BCUT2D eigenvalue weighted by Gasteiger charge is -2.19. The Kier molecular flexibility index (Phi) is 3.63. The van der Waals surface area contributed by atoms with Crippen LogP contribution in [0.5, 0.6) is 11.6 Å². The van der Waals surface area contributed by atoms with Crippen LogP contribution in [0, 0.1) is 0 Å². The van der Waals surface area contributed by atoms with Crippen molar-refractivity contribution in [1.29, 1.82) is 0 Å². The molecule has 0 N–H and O–H groups in total. The maximum Gasteiger partial charge on any atom is 0.260 e. The van der Waals surface area contributed by atoms with Crippen molar-refractivity contribution in [3.8, 4) is 11.6 Å². The minimum atomic E-state index is -0.386. The number of hydrogen-bond donors (Lipinski definition) is 0. The van der Waals surface area contributed by atoms with Crippen LogP contribution in [0.25, 0.3) is 6.08 Å². The summed E-state index contributed by atoms with van der Waals surface area (Å²) >= 11 is 0. The number of carbonyl (C=O) groups is 2. The fourth-order valence-corrected chi connectivity index (χ4v) is 1.98. The summed E-state index contributed by atoms with van der Waals surface area (Å²) in [6.07, 6.45) is 8.05. The second kappa shape index (κ2) is 5.74. The first-order valence-corrected chi connectivity index (χ1v) is 6.57. The van der Waals surface area contributed by atoms with Gasteiger partial charge in [-0.2, -0.15) is 4.98 Å². The predicted molar refractivity (Wildman–Crippen MR) is 72.5 cm³/mol. The highest BCUT2D eigenvalue weighted by molar-refractivity contribution is 6.06. The number of ether oxygens (including phenoxy) is 2. The van der Waals surface area contributed by atoms with Gasteiger partial charge in [0.2, 0.25) is 0 Å². The summed E-state index contributed by atoms with van der Waals surface area (Å²) in [4.78, 5) is 32.9. The fraction of sp³-hybridized carbons (Fsp3) is 0.286. The van der Waals surface area contributed by atoms with Gasteiger partial charge in [-0.25, -0.2) is 4.98 Å². The number of rotatable bonds is 2. The smallest absolute Gasteiger partial charge is 0.260 e. The number of fused-ring (bicyclic) bond motifs is 1. The summed E-state index contributed by atoms with van der Waals surface area (Å²) in [6.45, 7) is 1.29. The van der Waals surface area contributed by atoms with E-state index in [-0.39, 0.29) is 11.8 Å². The van der Waals surface area contributed by atoms with Crippen LogP contribution in [0.3, 0.4) is 0 Å². The second-order valence-electron chi connectivity index (χ2n) is 4.45. The van der Waals surface area contributed by atoms with Crippen molar-refractivity contribution in [2.75, 3.05) is 19.8 Å². The van der Waals surface area contributed by atoms with E-state index in [2.05, 4.69) is 9.97 Å². The molecule has 3 heterocycles. The van der Waals surface area contributed by atoms with Gasteiger partial charge in [0.05, 0.1) is 6.20 Å². The molecule has 2 aliphatic rings. The van der Waals surface area contributed by atoms with Crippen molar-refractivity contribution >= 4 is 17.9 Å². The van der Waals surface area contributed by atoms with Gasteiger partial charge in [0.1, 0.15) is 13.2 Å². The third-order valence-corrected chi connectivity index (χ3v) is 3.01. The Bertz CT molecular complexity index is 639. The van der Waals surface area contributed by atoms with E-state index in [4.69, 9.17) is 9.47 Å². The Labute approximate surface area is 120 Å². The molecule has 0 spiro atoms. The van der Waals surface area contributed by atoms with Crippen molar-refractivity contribution < 1.29 is 19.1 Å². The molecular formula is C14H13N3O4. The van der Waals surface area contributed by atoms with Gasteiger partial charge in [-0.3, -0.25) is 14.5 Å². The highest BCUT2D eigenvalue weighted by Gasteiger charge is 2.19. The molecule has 7 heteroatoms. The molecule has 0 aromatic carbocycles. The highest BCUT2D eigenvalue weighted by Crippen LogP contribution is 2.26. The normalized spacial score (nSPS) is 17.3. The fourth-order valence-electron chi connectivity index (χ4n) is 1.98. The predicted octanol–water partition coefficient (Wildman–Crippen LogP) is 0.576. The van der Waals surface area contributed by atoms with Crippen molar-refractivity contribution in [2.24, 2.45) is 0 Å². The van der Waals surface area contributed by atoms with Crippen LogP contribution in [0.1, 0.15) is 12.2 Å². The highest BCUT2D eigenvalue weighted by atomic mass is 16.6. The summed E-state index contributed by atoms with van der Waals surface area (Å²) in [7, 11) is 0. The number of carbonyl (C=O) groups excluding carboxylic acids is 2. The summed E-state index contributed by atoms with van der Waals surface area (Å²) in [5, 5.41) is 0. The molecule has 0 fully saturated rings. The quantitative estimate of drug-likeness (QED) is 0.740. The van der Waals surface area contributed by atoms with Crippen LogP contribution >= 0.6 is 0 Å². The molecule has 0 aliphatic carbocycles. The molecule has 1 aromatic rings. The molecule has 108 valence electrons. The zero-order valence-electron chi connectivity index (χ0n) is 11.2. The van der Waals surface area contributed by atoms with Crippen LogP contribution in [-0.4, -0.2) is 46.4 Å². The van der Waals surface area contributed by atoms with Crippen molar-refractivity contribution in [1.82, 2.24) is 14.9 Å². The topological polar surface area (TPSA) is 81.6 Å². The van der Waals surface area contributed by atoms with E-state index in [0.717, 1.165) is 0 Å². The van der Waals surface area contributed by atoms with Crippen LogP contribution in [0.15, 0.2) is 24.4 Å². The Balaban J connectivity index is 1.72. The van der Waals surface area contributed by atoms with Gasteiger partial charge in [-0.05, 0) is 18.6 Å². The van der Waals surface area contributed by atoms with E-state index in [1.54, 1.807) is 6.08 Å². The molecule has 7 nitrogen and oxygen atoms in total. The van der Waals surface area contributed by atoms with Crippen LogP contribution < -0.4 is 9.47 Å². The first-order valence-electron chi connectivity index (χ1n) is 6.57. The molecular weight excluding hydrogens is 274 g/mol. The number of imide groups is 1. The molecule has 0 unspecified atom stereocenters. The van der Waals surface area contributed by atoms with E-state index >= 15 is 0 Å². The molecule has 1 aromatic heterocycles. The largest absolute Gasteiger partial charge is 0.483 e. The molecule has 0 saturated heterocycles. The summed E-state index contributed by atoms with van der Waals surface area (Å²) in [5.74, 6) is 0.482. The third-order valence-electron chi connectivity index (χ3n) is 3.01. The summed E-state index contributed by atoms with van der Waals surface area (Å²) < 4.78 is 10.6. The Morgan fingerprint density at radius 2 is 2.19 bits per heavy atom. The minimum absolute atomic E-state index is 0.306. The van der Waals surface area contributed by atoms with E-state index < -0.39 is 0 Å². The first-order chi connectivity index (χ1) is 10.2. The van der Waals surface area contributed by atoms with E-state index in [1.807, 2.05) is 0 Å². The SMILES string of the molecule is O=C1C=CCCN1C(=O)/C=C/c1ncc2c(n1)OCCO2. The molecule has 0 atom stereocenters. The molecule has 3 rings (SSSR count). The monoisotopic (exact) mass is 287 g/mol. The maximum atomic E-state index is 11.9. The van der Waals surface area contributed by atoms with E-state index in [9.17, 15) is 9.59 Å². The molecule has 0 radical (unpaired) electrons. The van der Waals surface area contributed by atoms with Gasteiger partial charge in [-0.1, -0.05) is 6.08 Å². The van der Waals surface area contributed by atoms with Gasteiger partial charge in [-0.15, -0.1) is 0 Å². The third kappa shape index (κ3) is 2.91. The first kappa shape index (κ1) is 13.3. The zero-order valence-corrected chi connectivity index (χ0v) is 11.2. The summed E-state index contributed by atoms with van der Waals surface area (Å²) in [6, 6.07) is 0. The zero-order chi connectivity index (χ0) is 14.7. The van der Waals surface area contributed by atoms with Crippen LogP contribution in [0.4, 0.5) is 0 Å². The molecule has 0 saturated carbocycles. The van der Waals surface area contributed by atoms with Gasteiger partial charge < -0.3 is 9.47 Å². The minimum Gasteiger partial charge on any atom is -0.483 e. The number of amides is 2. The van der Waals surface area contributed by atoms with Crippen molar-refractivity contribution in [3.05, 3.63) is 30.2 Å². The number of hydrogen-bond acceptors (Lipinski definition) is 6. The van der Waals surface area contributed by atoms with Crippen LogP contribution in [-0.2, 0) is 9.59 Å². The lowest BCUT2D eigenvalue weighted by atomic mass is 10.2. The van der Waals surface area contributed by atoms with Gasteiger partial charge in [0, 0.05) is 12.6 Å². The van der Waals surface area contributed by atoms with Gasteiger partial charge in [0.25, 0.3) is 17.7 Å². The standard InChI is InChI=1S/C14H13N3O4/c18-12-3-1-2-6-17(12)13(19)5-4-11-15-9-10-14(16-11)21-8-7-20-10/h1,3-5,9H,2,6-8H2/b5-4+. The van der Waals surface area contributed by atoms with E-state index in [1.165, 1.54) is 29.3 Å². The number of aromatic nitrogens is 2. The molecule has 21 heavy (non-hydrogen) atoms. The average Bonchev–Trinajstić information content (AvgIpc) is 2.53. The summed E-state index contributed by atoms with van der Waals surface area (Å²) in [5.41, 5.74) is 0. The Morgan fingerprint density at radius 3 is 3.05 bits per heavy atom. The van der Waals surface area contributed by atoms with Gasteiger partial charge >= 0.3 is 0 Å². The second-order valence-corrected chi connectivity index (χ2v) is 4.45. The lowest BCUT2D eigenvalue weighted by molar-refractivity contribution is -0.139. The maximum absolute atomic E-state index is 11.9. The average molecular weight is 287 g/mol. The lowest BCUT2D eigenvalue weighted by Crippen LogP contribution is -2.37. The Hall–Kier alpha value is -2.70. The van der Waals surface area contributed by atoms with Crippen LogP contribution in [0.2, 0.25) is 0 Å². The Morgan fingerprint density at radius 1 is 1.33 bits per heavy atom. The molecule has 0 bridgehead atoms. The van der Waals surface area contributed by atoms with E-state index in [0.29, 0.717) is 43.6 Å². The molecule has 2 aliphatic heterocycles. The van der Waals surface area contributed by atoms with Crippen molar-refractivity contribution in [2.45, 2.75) is 6.42 Å². The molecule has 2 amide bonds.